The fourth-order valence-corrected chi connectivity index (χ4v) is 4.01. The van der Waals surface area contributed by atoms with Crippen LogP contribution in [-0.4, -0.2) is 50.1 Å². The summed E-state index contributed by atoms with van der Waals surface area (Å²) in [6.07, 6.45) is 0.756. The van der Waals surface area contributed by atoms with Crippen molar-refractivity contribution in [2.24, 2.45) is 0 Å². The molecule has 0 unspecified atom stereocenters. The summed E-state index contributed by atoms with van der Waals surface area (Å²) in [7, 11) is 5.47. The summed E-state index contributed by atoms with van der Waals surface area (Å²) in [5.74, 6) is -0.138. The SMILES string of the molecule is COc1ccc(Cl)cc1C(=O)N(CCCN(C)C)c1nc2ccc(F)cc2s1.Cl. The van der Waals surface area contributed by atoms with E-state index in [2.05, 4.69) is 9.88 Å². The molecule has 0 radical (unpaired) electrons. The van der Waals surface area contributed by atoms with Crippen molar-refractivity contribution >= 4 is 56.6 Å². The van der Waals surface area contributed by atoms with Gasteiger partial charge in [0, 0.05) is 11.6 Å². The number of rotatable bonds is 7. The van der Waals surface area contributed by atoms with Crippen LogP contribution in [0.2, 0.25) is 5.02 Å². The largest absolute Gasteiger partial charge is 0.496 e. The molecule has 0 saturated carbocycles. The summed E-state index contributed by atoms with van der Waals surface area (Å²) >= 11 is 7.39. The molecule has 3 aromatic rings. The summed E-state index contributed by atoms with van der Waals surface area (Å²) in [4.78, 5) is 21.6. The smallest absolute Gasteiger partial charge is 0.263 e. The van der Waals surface area contributed by atoms with Gasteiger partial charge in [-0.1, -0.05) is 22.9 Å². The Morgan fingerprint density at radius 3 is 2.66 bits per heavy atom. The van der Waals surface area contributed by atoms with Crippen LogP contribution in [0.5, 0.6) is 5.75 Å². The highest BCUT2D eigenvalue weighted by atomic mass is 35.5. The first-order valence-corrected chi connectivity index (χ1v) is 9.94. The Labute approximate surface area is 184 Å². The topological polar surface area (TPSA) is 45.7 Å². The number of hydrogen-bond acceptors (Lipinski definition) is 5. The zero-order valence-corrected chi connectivity index (χ0v) is 18.7. The lowest BCUT2D eigenvalue weighted by Gasteiger charge is -2.22. The normalized spacial score (nSPS) is 10.8. The average molecular weight is 458 g/mol. The highest BCUT2D eigenvalue weighted by Crippen LogP contribution is 2.32. The number of benzene rings is 2. The monoisotopic (exact) mass is 457 g/mol. The number of ether oxygens (including phenoxy) is 1. The molecule has 0 bridgehead atoms. The van der Waals surface area contributed by atoms with E-state index < -0.39 is 0 Å². The maximum atomic E-state index is 13.6. The highest BCUT2D eigenvalue weighted by molar-refractivity contribution is 7.22. The van der Waals surface area contributed by atoms with E-state index in [1.807, 2.05) is 14.1 Å². The molecule has 1 aromatic heterocycles. The van der Waals surface area contributed by atoms with Gasteiger partial charge in [0.05, 0.1) is 22.9 Å². The van der Waals surface area contributed by atoms with Gasteiger partial charge in [-0.15, -0.1) is 12.4 Å². The predicted molar refractivity (Wildman–Crippen MR) is 120 cm³/mol. The summed E-state index contributed by atoms with van der Waals surface area (Å²) in [6.45, 7) is 1.28. The molecule has 1 amide bonds. The van der Waals surface area contributed by atoms with Crippen LogP contribution in [0.1, 0.15) is 16.8 Å². The van der Waals surface area contributed by atoms with E-state index in [-0.39, 0.29) is 24.1 Å². The van der Waals surface area contributed by atoms with E-state index in [0.29, 0.717) is 38.2 Å². The second kappa shape index (κ2) is 10.2. The minimum atomic E-state index is -0.329. The van der Waals surface area contributed by atoms with Crippen molar-refractivity contribution in [3.63, 3.8) is 0 Å². The van der Waals surface area contributed by atoms with E-state index in [1.165, 1.54) is 30.6 Å². The molecule has 0 aliphatic rings. The minimum Gasteiger partial charge on any atom is -0.496 e. The van der Waals surface area contributed by atoms with Crippen LogP contribution in [0, 0.1) is 5.82 Å². The highest BCUT2D eigenvalue weighted by Gasteiger charge is 2.24. The number of nitrogens with zero attached hydrogens (tertiary/aromatic N) is 3. The zero-order valence-electron chi connectivity index (χ0n) is 16.3. The van der Waals surface area contributed by atoms with Crippen LogP contribution < -0.4 is 9.64 Å². The van der Waals surface area contributed by atoms with Gasteiger partial charge in [-0.3, -0.25) is 9.69 Å². The third kappa shape index (κ3) is 5.57. The molecule has 0 aliphatic heterocycles. The van der Waals surface area contributed by atoms with Crippen LogP contribution in [-0.2, 0) is 0 Å². The second-order valence-electron chi connectivity index (χ2n) is 6.57. The van der Waals surface area contributed by atoms with Crippen molar-refractivity contribution in [3.8, 4) is 5.75 Å². The first-order valence-electron chi connectivity index (χ1n) is 8.75. The van der Waals surface area contributed by atoms with E-state index in [1.54, 1.807) is 29.2 Å². The molecule has 29 heavy (non-hydrogen) atoms. The Hall–Kier alpha value is -1.93. The molecule has 0 atom stereocenters. The van der Waals surface area contributed by atoms with Crippen molar-refractivity contribution in [1.82, 2.24) is 9.88 Å². The summed E-state index contributed by atoms with van der Waals surface area (Å²) in [5, 5.41) is 0.968. The van der Waals surface area contributed by atoms with E-state index in [9.17, 15) is 9.18 Å². The molecule has 9 heteroatoms. The number of carbonyl (C=O) groups excluding carboxylic acids is 1. The molecule has 0 fully saturated rings. The van der Waals surface area contributed by atoms with Crippen LogP contribution in [0.15, 0.2) is 36.4 Å². The van der Waals surface area contributed by atoms with E-state index in [0.717, 1.165) is 13.0 Å². The fourth-order valence-electron chi connectivity index (χ4n) is 2.82. The lowest BCUT2D eigenvalue weighted by molar-refractivity contribution is 0.0983. The third-order valence-corrected chi connectivity index (χ3v) is 5.47. The minimum absolute atomic E-state index is 0. The number of fused-ring (bicyclic) bond motifs is 1. The molecule has 0 N–H and O–H groups in total. The van der Waals surface area contributed by atoms with Crippen molar-refractivity contribution < 1.29 is 13.9 Å². The van der Waals surface area contributed by atoms with Gasteiger partial charge in [0.1, 0.15) is 11.6 Å². The summed E-state index contributed by atoms with van der Waals surface area (Å²) in [6, 6.07) is 9.35. The fraction of sp³-hybridized carbons (Fsp3) is 0.300. The van der Waals surface area contributed by atoms with Gasteiger partial charge in [0.2, 0.25) is 0 Å². The first kappa shape index (κ1) is 23.3. The summed E-state index contributed by atoms with van der Waals surface area (Å²) in [5.41, 5.74) is 1.02. The van der Waals surface area contributed by atoms with Crippen LogP contribution in [0.25, 0.3) is 10.2 Å². The number of hydrogen-bond donors (Lipinski definition) is 0. The van der Waals surface area contributed by atoms with E-state index in [4.69, 9.17) is 16.3 Å². The van der Waals surface area contributed by atoms with Gasteiger partial charge in [0.15, 0.2) is 5.13 Å². The first-order chi connectivity index (χ1) is 13.4. The Morgan fingerprint density at radius 2 is 1.97 bits per heavy atom. The van der Waals surface area contributed by atoms with Crippen molar-refractivity contribution in [1.29, 1.82) is 0 Å². The van der Waals surface area contributed by atoms with Gasteiger partial charge >= 0.3 is 0 Å². The van der Waals surface area contributed by atoms with E-state index >= 15 is 0 Å². The maximum Gasteiger partial charge on any atom is 0.263 e. The Morgan fingerprint density at radius 1 is 1.21 bits per heavy atom. The van der Waals surface area contributed by atoms with Crippen molar-refractivity contribution in [2.75, 3.05) is 39.2 Å². The number of aromatic nitrogens is 1. The van der Waals surface area contributed by atoms with Crippen LogP contribution in [0.3, 0.4) is 0 Å². The predicted octanol–water partition coefficient (Wildman–Crippen LogP) is 5.12. The lowest BCUT2D eigenvalue weighted by Crippen LogP contribution is -2.33. The molecular formula is C20H22Cl2FN3O2S. The maximum absolute atomic E-state index is 13.6. The van der Waals surface area contributed by atoms with Crippen LogP contribution in [0.4, 0.5) is 9.52 Å². The van der Waals surface area contributed by atoms with Gasteiger partial charge in [0.25, 0.3) is 5.91 Å². The van der Waals surface area contributed by atoms with Crippen molar-refractivity contribution in [3.05, 3.63) is 52.8 Å². The zero-order chi connectivity index (χ0) is 20.3. The molecule has 1 heterocycles. The van der Waals surface area contributed by atoms with Crippen LogP contribution >= 0.6 is 35.3 Å². The lowest BCUT2D eigenvalue weighted by atomic mass is 10.1. The molecule has 5 nitrogen and oxygen atoms in total. The molecule has 0 spiro atoms. The molecule has 0 aliphatic carbocycles. The average Bonchev–Trinajstić information content (AvgIpc) is 3.07. The molecule has 3 rings (SSSR count). The third-order valence-electron chi connectivity index (χ3n) is 4.19. The Balaban J connectivity index is 0.00000300. The number of thiazole rings is 1. The number of carbonyl (C=O) groups is 1. The Bertz CT molecular complexity index is 997. The summed E-state index contributed by atoms with van der Waals surface area (Å²) < 4.78 is 19.6. The number of methoxy groups -OCH3 is 1. The number of anilines is 1. The standard InChI is InChI=1S/C20H21ClFN3O2S.ClH/c1-24(2)9-4-10-25(19(26)15-11-13(21)5-8-17(15)27-3)20-23-16-7-6-14(22)12-18(16)28-20;/h5-8,11-12H,4,9-10H2,1-3H3;1H. The van der Waals surface area contributed by atoms with Gasteiger partial charge in [-0.05, 0) is 63.5 Å². The molecule has 156 valence electrons. The quantitative estimate of drug-likeness (QED) is 0.493. The molecule has 0 saturated heterocycles. The molecule has 2 aromatic carbocycles. The number of halogens is 3. The van der Waals surface area contributed by atoms with Gasteiger partial charge < -0.3 is 9.64 Å². The number of amides is 1. The Kier molecular flexibility index (Phi) is 8.22. The van der Waals surface area contributed by atoms with Gasteiger partial charge in [-0.25, -0.2) is 9.37 Å². The van der Waals surface area contributed by atoms with Crippen molar-refractivity contribution in [2.45, 2.75) is 6.42 Å². The second-order valence-corrected chi connectivity index (χ2v) is 8.01. The van der Waals surface area contributed by atoms with Gasteiger partial charge in [-0.2, -0.15) is 0 Å². The molecular weight excluding hydrogens is 436 g/mol.